The molecule has 1 aliphatic rings. The highest BCUT2D eigenvalue weighted by Crippen LogP contribution is 2.18. The third kappa shape index (κ3) is 13.8. The van der Waals surface area contributed by atoms with E-state index in [4.69, 9.17) is 9.47 Å². The molecule has 1 saturated heterocycles. The largest absolute Gasteiger partial charge is 0.388 e. The third-order valence-corrected chi connectivity index (χ3v) is 5.91. The molecular weight excluding hydrogens is 380 g/mol. The second-order valence-electron chi connectivity index (χ2n) is 8.79. The summed E-state index contributed by atoms with van der Waals surface area (Å²) in [5.41, 5.74) is 0. The van der Waals surface area contributed by atoms with Gasteiger partial charge in [0.2, 0.25) is 0 Å². The van der Waals surface area contributed by atoms with Gasteiger partial charge in [-0.15, -0.1) is 0 Å². The number of hydrogen-bond donors (Lipinski definition) is 3. The van der Waals surface area contributed by atoms with E-state index in [1.54, 1.807) is 0 Å². The van der Waals surface area contributed by atoms with Gasteiger partial charge in [0, 0.05) is 6.61 Å². The van der Waals surface area contributed by atoms with Gasteiger partial charge in [-0.1, -0.05) is 83.3 Å². The summed E-state index contributed by atoms with van der Waals surface area (Å²) in [4.78, 5) is 0. The summed E-state index contributed by atoms with van der Waals surface area (Å²) >= 11 is 0. The van der Waals surface area contributed by atoms with Crippen molar-refractivity contribution in [1.29, 1.82) is 0 Å². The van der Waals surface area contributed by atoms with Crippen LogP contribution in [0.15, 0.2) is 12.2 Å². The fraction of sp³-hybridized carbons (Fsp3) is 0.920. The summed E-state index contributed by atoms with van der Waals surface area (Å²) in [6.45, 7) is 3.07. The zero-order valence-corrected chi connectivity index (χ0v) is 19.4. The van der Waals surface area contributed by atoms with Crippen molar-refractivity contribution in [1.82, 2.24) is 0 Å². The Labute approximate surface area is 184 Å². The second kappa shape index (κ2) is 19.2. The van der Waals surface area contributed by atoms with E-state index >= 15 is 0 Å². The number of aliphatic hydroxyl groups is 3. The number of hydrogen-bond acceptors (Lipinski definition) is 5. The molecule has 0 saturated carbocycles. The first-order chi connectivity index (χ1) is 14.7. The lowest BCUT2D eigenvalue weighted by Gasteiger charge is -2.20. The van der Waals surface area contributed by atoms with Crippen LogP contribution >= 0.6 is 0 Å². The number of ether oxygens (including phenoxy) is 2. The standard InChI is InChI=1S/C25H48O5/c1-2-3-4-5-6-7-8-9-10-11-12-13-14-15-16-17-18-19-29-20-23(27)25-24(28)22(26)21-30-25/h13-14,22-28H,2-12,15-21H2,1H3/b14-13+/t22-,23+,24-,25-/m0/s1. The molecule has 5 heteroatoms. The van der Waals surface area contributed by atoms with Gasteiger partial charge in [-0.3, -0.25) is 0 Å². The molecule has 4 atom stereocenters. The van der Waals surface area contributed by atoms with Crippen LogP contribution in [-0.2, 0) is 9.47 Å². The first kappa shape index (κ1) is 27.6. The van der Waals surface area contributed by atoms with Crippen molar-refractivity contribution in [2.24, 2.45) is 0 Å². The van der Waals surface area contributed by atoms with Gasteiger partial charge in [0.15, 0.2) is 0 Å². The normalized spacial score (nSPS) is 22.9. The van der Waals surface area contributed by atoms with Crippen LogP contribution in [0, 0.1) is 0 Å². The Bertz CT molecular complexity index is 401. The van der Waals surface area contributed by atoms with E-state index in [0.29, 0.717) is 6.61 Å². The Morgan fingerprint density at radius 3 is 1.90 bits per heavy atom. The number of rotatable bonds is 20. The topological polar surface area (TPSA) is 79.2 Å². The molecule has 0 unspecified atom stereocenters. The smallest absolute Gasteiger partial charge is 0.114 e. The van der Waals surface area contributed by atoms with Crippen LogP contribution in [-0.4, -0.2) is 59.6 Å². The highest BCUT2D eigenvalue weighted by molar-refractivity contribution is 4.87. The molecule has 0 aromatic heterocycles. The predicted octanol–water partition coefficient (Wildman–Crippen LogP) is 4.91. The van der Waals surface area contributed by atoms with Gasteiger partial charge in [-0.05, 0) is 32.1 Å². The van der Waals surface area contributed by atoms with Gasteiger partial charge in [0.05, 0.1) is 13.2 Å². The summed E-state index contributed by atoms with van der Waals surface area (Å²) in [5.74, 6) is 0. The molecule has 0 spiro atoms. The molecule has 0 radical (unpaired) electrons. The molecule has 30 heavy (non-hydrogen) atoms. The third-order valence-electron chi connectivity index (χ3n) is 5.91. The van der Waals surface area contributed by atoms with Crippen LogP contribution in [0.2, 0.25) is 0 Å². The molecule has 0 aromatic rings. The summed E-state index contributed by atoms with van der Waals surface area (Å²) in [5, 5.41) is 29.1. The molecule has 0 aromatic carbocycles. The Morgan fingerprint density at radius 1 is 0.833 bits per heavy atom. The van der Waals surface area contributed by atoms with Crippen molar-refractivity contribution < 1.29 is 24.8 Å². The maximum absolute atomic E-state index is 9.95. The molecule has 1 aliphatic heterocycles. The average Bonchev–Trinajstić information content (AvgIpc) is 3.08. The summed E-state index contributed by atoms with van der Waals surface area (Å²) < 4.78 is 10.7. The average molecular weight is 429 g/mol. The molecule has 1 fully saturated rings. The Balaban J connectivity index is 1.78. The minimum atomic E-state index is -1.03. The van der Waals surface area contributed by atoms with E-state index in [-0.39, 0.29) is 13.2 Å². The molecule has 5 nitrogen and oxygen atoms in total. The van der Waals surface area contributed by atoms with Crippen LogP contribution in [0.1, 0.15) is 103 Å². The van der Waals surface area contributed by atoms with E-state index in [1.165, 1.54) is 70.6 Å². The SMILES string of the molecule is CCCCCCCCCCCC/C=C/CCCCCOC[C@@H](O)[C@@H]1OC[C@H](O)[C@@H]1O. The lowest BCUT2D eigenvalue weighted by Crippen LogP contribution is -2.40. The highest BCUT2D eigenvalue weighted by atomic mass is 16.5. The number of unbranched alkanes of at least 4 members (excludes halogenated alkanes) is 13. The number of aliphatic hydroxyl groups excluding tert-OH is 3. The van der Waals surface area contributed by atoms with Crippen molar-refractivity contribution in [2.45, 2.75) is 128 Å². The summed E-state index contributed by atoms with van der Waals surface area (Å²) in [6.07, 6.45) is 20.5. The predicted molar refractivity (Wildman–Crippen MR) is 123 cm³/mol. The van der Waals surface area contributed by atoms with Gasteiger partial charge in [0.1, 0.15) is 24.4 Å². The minimum absolute atomic E-state index is 0.0651. The Kier molecular flexibility index (Phi) is 17.7. The zero-order valence-electron chi connectivity index (χ0n) is 19.4. The molecule has 0 aliphatic carbocycles. The lowest BCUT2D eigenvalue weighted by molar-refractivity contribution is -0.0813. The fourth-order valence-electron chi connectivity index (χ4n) is 3.89. The Morgan fingerprint density at radius 2 is 1.37 bits per heavy atom. The molecule has 0 bridgehead atoms. The van der Waals surface area contributed by atoms with Crippen LogP contribution < -0.4 is 0 Å². The van der Waals surface area contributed by atoms with Gasteiger partial charge in [-0.2, -0.15) is 0 Å². The molecule has 1 rings (SSSR count). The summed E-state index contributed by atoms with van der Waals surface area (Å²) in [7, 11) is 0. The minimum Gasteiger partial charge on any atom is -0.388 e. The molecule has 3 N–H and O–H groups in total. The first-order valence-corrected chi connectivity index (χ1v) is 12.5. The maximum Gasteiger partial charge on any atom is 0.114 e. The summed E-state index contributed by atoms with van der Waals surface area (Å²) in [6, 6.07) is 0. The van der Waals surface area contributed by atoms with E-state index < -0.39 is 24.4 Å². The first-order valence-electron chi connectivity index (χ1n) is 12.5. The van der Waals surface area contributed by atoms with Crippen LogP contribution in [0.5, 0.6) is 0 Å². The van der Waals surface area contributed by atoms with Gasteiger partial charge < -0.3 is 24.8 Å². The van der Waals surface area contributed by atoms with Crippen molar-refractivity contribution in [2.75, 3.05) is 19.8 Å². The lowest BCUT2D eigenvalue weighted by atomic mass is 10.1. The van der Waals surface area contributed by atoms with Crippen molar-refractivity contribution in [3.63, 3.8) is 0 Å². The monoisotopic (exact) mass is 428 g/mol. The van der Waals surface area contributed by atoms with E-state index in [2.05, 4.69) is 19.1 Å². The molecular formula is C25H48O5. The van der Waals surface area contributed by atoms with Gasteiger partial charge in [-0.25, -0.2) is 0 Å². The van der Waals surface area contributed by atoms with Crippen LogP contribution in [0.4, 0.5) is 0 Å². The van der Waals surface area contributed by atoms with Crippen LogP contribution in [0.25, 0.3) is 0 Å². The molecule has 1 heterocycles. The highest BCUT2D eigenvalue weighted by Gasteiger charge is 2.39. The van der Waals surface area contributed by atoms with E-state index in [1.807, 2.05) is 0 Å². The zero-order chi connectivity index (χ0) is 21.9. The van der Waals surface area contributed by atoms with Crippen molar-refractivity contribution in [3.8, 4) is 0 Å². The molecule has 178 valence electrons. The van der Waals surface area contributed by atoms with Crippen molar-refractivity contribution in [3.05, 3.63) is 12.2 Å². The number of allylic oxidation sites excluding steroid dienone is 2. The molecule has 0 amide bonds. The van der Waals surface area contributed by atoms with E-state index in [0.717, 1.165) is 25.7 Å². The Hall–Kier alpha value is -0.460. The maximum atomic E-state index is 9.95. The van der Waals surface area contributed by atoms with Gasteiger partial charge >= 0.3 is 0 Å². The van der Waals surface area contributed by atoms with E-state index in [9.17, 15) is 15.3 Å². The van der Waals surface area contributed by atoms with Gasteiger partial charge in [0.25, 0.3) is 0 Å². The van der Waals surface area contributed by atoms with Crippen molar-refractivity contribution >= 4 is 0 Å². The fourth-order valence-corrected chi connectivity index (χ4v) is 3.89. The quantitative estimate of drug-likeness (QED) is 0.190. The second-order valence-corrected chi connectivity index (χ2v) is 8.79. The van der Waals surface area contributed by atoms with Crippen LogP contribution in [0.3, 0.4) is 0 Å².